The molecule has 1 atom stereocenters. The van der Waals surface area contributed by atoms with Crippen molar-refractivity contribution < 1.29 is 0 Å². The Labute approximate surface area is 118 Å². The van der Waals surface area contributed by atoms with Crippen molar-refractivity contribution in [2.45, 2.75) is 64.0 Å². The zero-order valence-electron chi connectivity index (χ0n) is 12.5. The highest BCUT2D eigenvalue weighted by molar-refractivity contribution is 5.03. The topological polar surface area (TPSA) is 15.3 Å². The number of nitrogens with one attached hydrogen (secondary N) is 1. The van der Waals surface area contributed by atoms with Gasteiger partial charge in [0.1, 0.15) is 0 Å². The Morgan fingerprint density at radius 1 is 1.00 bits per heavy atom. The molecule has 0 aromatic heterocycles. The van der Waals surface area contributed by atoms with E-state index in [1.54, 1.807) is 32.1 Å². The molecule has 1 saturated heterocycles. The molecular weight excluding hydrogens is 232 g/mol. The first-order valence-electron chi connectivity index (χ1n) is 8.81. The molecule has 2 heteroatoms. The molecule has 1 aliphatic heterocycles. The van der Waals surface area contributed by atoms with E-state index >= 15 is 0 Å². The lowest BCUT2D eigenvalue weighted by molar-refractivity contribution is -0.0588. The Bertz CT molecular complexity index is 299. The Morgan fingerprint density at radius 3 is 2.32 bits per heavy atom. The smallest absolute Gasteiger partial charge is 0.0207 e. The molecule has 0 amide bonds. The third-order valence-electron chi connectivity index (χ3n) is 6.50. The van der Waals surface area contributed by atoms with Crippen molar-refractivity contribution in [1.82, 2.24) is 10.2 Å². The molecule has 5 rings (SSSR count). The molecule has 0 aromatic rings. The summed E-state index contributed by atoms with van der Waals surface area (Å²) in [6, 6.07) is 1.76. The second kappa shape index (κ2) is 5.04. The van der Waals surface area contributed by atoms with E-state index in [-0.39, 0.29) is 0 Å². The maximum atomic E-state index is 3.74. The van der Waals surface area contributed by atoms with Crippen LogP contribution in [-0.4, -0.2) is 36.6 Å². The van der Waals surface area contributed by atoms with Gasteiger partial charge < -0.3 is 5.32 Å². The highest BCUT2D eigenvalue weighted by Crippen LogP contribution is 2.55. The minimum atomic E-state index is 0.789. The average Bonchev–Trinajstić information content (AvgIpc) is 2.83. The van der Waals surface area contributed by atoms with E-state index in [0.717, 1.165) is 35.8 Å². The number of rotatable bonds is 4. The second-order valence-corrected chi connectivity index (χ2v) is 7.86. The zero-order chi connectivity index (χ0) is 12.8. The normalized spacial score (nSPS) is 49.1. The molecule has 19 heavy (non-hydrogen) atoms. The van der Waals surface area contributed by atoms with Gasteiger partial charge in [-0.3, -0.25) is 4.90 Å². The lowest BCUT2D eigenvalue weighted by atomic mass is 9.54. The van der Waals surface area contributed by atoms with Crippen LogP contribution in [0.15, 0.2) is 0 Å². The highest BCUT2D eigenvalue weighted by Gasteiger charge is 2.50. The van der Waals surface area contributed by atoms with Gasteiger partial charge in [0.2, 0.25) is 0 Å². The number of hydrogen-bond acceptors (Lipinski definition) is 2. The van der Waals surface area contributed by atoms with Gasteiger partial charge in [0, 0.05) is 25.2 Å². The van der Waals surface area contributed by atoms with E-state index in [1.807, 2.05) is 0 Å². The molecular formula is C17H30N2. The van der Waals surface area contributed by atoms with Crippen LogP contribution in [0.3, 0.4) is 0 Å². The van der Waals surface area contributed by atoms with Crippen LogP contribution in [-0.2, 0) is 0 Å². The second-order valence-electron chi connectivity index (χ2n) is 7.86. The molecule has 1 unspecified atom stereocenters. The van der Waals surface area contributed by atoms with Crippen LogP contribution < -0.4 is 5.32 Å². The Morgan fingerprint density at radius 2 is 1.68 bits per heavy atom. The van der Waals surface area contributed by atoms with E-state index < -0.39 is 0 Å². The first kappa shape index (κ1) is 12.6. The molecule has 108 valence electrons. The van der Waals surface area contributed by atoms with Crippen molar-refractivity contribution >= 4 is 0 Å². The van der Waals surface area contributed by atoms with Gasteiger partial charge in [0.25, 0.3) is 0 Å². The summed E-state index contributed by atoms with van der Waals surface area (Å²) in [5, 5.41) is 3.74. The summed E-state index contributed by atoms with van der Waals surface area (Å²) >= 11 is 0. The van der Waals surface area contributed by atoms with Crippen LogP contribution >= 0.6 is 0 Å². The fourth-order valence-corrected chi connectivity index (χ4v) is 6.07. The van der Waals surface area contributed by atoms with Crippen LogP contribution in [0.25, 0.3) is 0 Å². The molecule has 2 nitrogen and oxygen atoms in total. The Hall–Kier alpha value is -0.0800. The first-order valence-corrected chi connectivity index (χ1v) is 8.81. The van der Waals surface area contributed by atoms with Gasteiger partial charge in [-0.25, -0.2) is 0 Å². The monoisotopic (exact) mass is 262 g/mol. The molecule has 0 spiro atoms. The number of likely N-dealkylation sites (tertiary alicyclic amines) is 1. The highest BCUT2D eigenvalue weighted by atomic mass is 15.2. The summed E-state index contributed by atoms with van der Waals surface area (Å²) in [7, 11) is 0. The molecule has 1 N–H and O–H groups in total. The molecule has 5 aliphatic rings. The largest absolute Gasteiger partial charge is 0.313 e. The van der Waals surface area contributed by atoms with E-state index in [1.165, 1.54) is 32.5 Å². The molecule has 4 saturated carbocycles. The summed E-state index contributed by atoms with van der Waals surface area (Å²) in [6.45, 7) is 6.19. The molecule has 0 radical (unpaired) electrons. The summed E-state index contributed by atoms with van der Waals surface area (Å²) in [6.07, 6.45) is 10.5. The quantitative estimate of drug-likeness (QED) is 0.838. The van der Waals surface area contributed by atoms with Gasteiger partial charge >= 0.3 is 0 Å². The van der Waals surface area contributed by atoms with Gasteiger partial charge in [-0.2, -0.15) is 0 Å². The third kappa shape index (κ3) is 2.25. The third-order valence-corrected chi connectivity index (χ3v) is 6.50. The van der Waals surface area contributed by atoms with Crippen molar-refractivity contribution in [2.24, 2.45) is 23.7 Å². The van der Waals surface area contributed by atoms with Gasteiger partial charge in [0.15, 0.2) is 0 Å². The minimum Gasteiger partial charge on any atom is -0.313 e. The fourth-order valence-electron chi connectivity index (χ4n) is 6.07. The van der Waals surface area contributed by atoms with Crippen LogP contribution in [0.1, 0.15) is 51.9 Å². The molecule has 1 heterocycles. The van der Waals surface area contributed by atoms with Gasteiger partial charge in [-0.05, 0) is 75.2 Å². The van der Waals surface area contributed by atoms with E-state index in [0.29, 0.717) is 0 Å². The predicted octanol–water partition coefficient (Wildman–Crippen LogP) is 2.89. The number of hydrogen-bond donors (Lipinski definition) is 1. The lowest BCUT2D eigenvalue weighted by Crippen LogP contribution is -2.55. The maximum absolute atomic E-state index is 3.74. The average molecular weight is 262 g/mol. The molecule has 5 fully saturated rings. The summed E-state index contributed by atoms with van der Waals surface area (Å²) in [4.78, 5) is 2.89. The van der Waals surface area contributed by atoms with E-state index in [9.17, 15) is 0 Å². The van der Waals surface area contributed by atoms with Crippen LogP contribution in [0, 0.1) is 23.7 Å². The Kier molecular flexibility index (Phi) is 3.35. The molecule has 0 aromatic carbocycles. The van der Waals surface area contributed by atoms with Gasteiger partial charge in [0.05, 0.1) is 0 Å². The van der Waals surface area contributed by atoms with Gasteiger partial charge in [-0.15, -0.1) is 0 Å². The van der Waals surface area contributed by atoms with Gasteiger partial charge in [-0.1, -0.05) is 6.92 Å². The number of nitrogens with zero attached hydrogens (tertiary/aromatic N) is 1. The SMILES string of the molecule is CCCNC1CCN(C2C3CC4CC(C3)CC2C4)C1. The molecule has 4 bridgehead atoms. The Balaban J connectivity index is 1.40. The molecule has 4 aliphatic carbocycles. The fraction of sp³-hybridized carbons (Fsp3) is 1.00. The van der Waals surface area contributed by atoms with E-state index in [4.69, 9.17) is 0 Å². The maximum Gasteiger partial charge on any atom is 0.0207 e. The van der Waals surface area contributed by atoms with Crippen molar-refractivity contribution in [2.75, 3.05) is 19.6 Å². The van der Waals surface area contributed by atoms with Crippen molar-refractivity contribution in [3.63, 3.8) is 0 Å². The van der Waals surface area contributed by atoms with Crippen LogP contribution in [0.5, 0.6) is 0 Å². The standard InChI is InChI=1S/C17H30N2/c1-2-4-18-16-3-5-19(11-16)17-14-7-12-6-13(9-14)10-15(17)8-12/h12-18H,2-11H2,1H3. The van der Waals surface area contributed by atoms with Crippen molar-refractivity contribution in [3.05, 3.63) is 0 Å². The lowest BCUT2D eigenvalue weighted by Gasteiger charge is -2.56. The summed E-state index contributed by atoms with van der Waals surface area (Å²) in [5.74, 6) is 4.38. The van der Waals surface area contributed by atoms with Crippen molar-refractivity contribution in [1.29, 1.82) is 0 Å². The van der Waals surface area contributed by atoms with Crippen molar-refractivity contribution in [3.8, 4) is 0 Å². The minimum absolute atomic E-state index is 0.789. The van der Waals surface area contributed by atoms with Crippen LogP contribution in [0.4, 0.5) is 0 Å². The summed E-state index contributed by atoms with van der Waals surface area (Å²) < 4.78 is 0. The van der Waals surface area contributed by atoms with E-state index in [2.05, 4.69) is 17.1 Å². The first-order chi connectivity index (χ1) is 9.33. The predicted molar refractivity (Wildman–Crippen MR) is 79.1 cm³/mol. The van der Waals surface area contributed by atoms with Crippen LogP contribution in [0.2, 0.25) is 0 Å². The summed E-state index contributed by atoms with van der Waals surface area (Å²) in [5.41, 5.74) is 0. The zero-order valence-corrected chi connectivity index (χ0v) is 12.5.